The van der Waals surface area contributed by atoms with E-state index < -0.39 is 33.7 Å². The van der Waals surface area contributed by atoms with Crippen LogP contribution in [0.2, 0.25) is 0 Å². The Kier molecular flexibility index (Phi) is 5.14. The fraction of sp³-hybridized carbons (Fsp3) is 1.00. The van der Waals surface area contributed by atoms with E-state index in [2.05, 4.69) is 45.0 Å². The Hall–Kier alpha value is 1.18. The Morgan fingerprint density at radius 1 is 0.409 bits per heavy atom. The second-order valence-corrected chi connectivity index (χ2v) is 28.0. The maximum absolute atomic E-state index is 12.9. The minimum atomic E-state index is -11.3. The van der Waals surface area contributed by atoms with E-state index in [0.29, 0.717) is 0 Å². The van der Waals surface area contributed by atoms with E-state index in [-0.39, 0.29) is 0 Å². The molecule has 0 aliphatic rings. The molecule has 0 aliphatic carbocycles. The Balaban J connectivity index is 8.06. The summed E-state index contributed by atoms with van der Waals surface area (Å²) in [5.74, 6) is -32.4. The van der Waals surface area contributed by atoms with Crippen LogP contribution < -0.4 is 0 Å². The summed E-state index contributed by atoms with van der Waals surface area (Å²) in [4.78, 5) is 0. The summed E-state index contributed by atoms with van der Waals surface area (Å²) in [7, 11) is 0. The number of alkyl halides is 12. The van der Waals surface area contributed by atoms with Gasteiger partial charge in [0.1, 0.15) is 0 Å². The predicted octanol–water partition coefficient (Wildman–Crippen LogP) is 8.70. The zero-order valence-electron chi connectivity index (χ0n) is 8.94. The third-order valence-corrected chi connectivity index (χ3v) is 25.0. The van der Waals surface area contributed by atoms with Gasteiger partial charge in [0.25, 0.3) is 0 Å². The Morgan fingerprint density at radius 2 is 0.545 bits per heavy atom. The van der Waals surface area contributed by atoms with Gasteiger partial charge in [-0.25, -0.2) is 0 Å². The molecule has 0 heterocycles. The van der Waals surface area contributed by atoms with E-state index in [4.69, 9.17) is 0 Å². The van der Waals surface area contributed by atoms with Gasteiger partial charge in [-0.2, -0.15) is 0 Å². The molecule has 0 bridgehead atoms. The van der Waals surface area contributed by atoms with Gasteiger partial charge in [-0.15, -0.1) is 0 Å². The van der Waals surface area contributed by atoms with Crippen molar-refractivity contribution in [3.05, 3.63) is 0 Å². The van der Waals surface area contributed by atoms with E-state index in [0.717, 1.165) is 0 Å². The molecule has 0 fully saturated rings. The first-order valence-corrected chi connectivity index (χ1v) is 12.8. The molecule has 0 rings (SSSR count). The van der Waals surface area contributed by atoms with Crippen LogP contribution in [-0.4, -0.2) is 23.7 Å². The van der Waals surface area contributed by atoms with Gasteiger partial charge in [-0.05, 0) is 0 Å². The maximum atomic E-state index is 12.9. The summed E-state index contributed by atoms with van der Waals surface area (Å²) < 4.78 is 146. The summed E-state index contributed by atoms with van der Waals surface area (Å²) >= 11 is 16.8. The van der Waals surface area contributed by atoms with Gasteiger partial charge in [0.05, 0.1) is 0 Å². The first kappa shape index (κ1) is 23.2. The van der Waals surface area contributed by atoms with Crippen LogP contribution in [0.5, 0.6) is 0 Å². The first-order chi connectivity index (χ1) is 8.88. The van der Waals surface area contributed by atoms with Crippen molar-refractivity contribution >= 4 is 55.0 Å². The summed E-state index contributed by atoms with van der Waals surface area (Å²) in [6.45, 7) is 0. The van der Waals surface area contributed by atoms with Crippen molar-refractivity contribution in [2.24, 2.45) is 0 Å². The fourth-order valence-electron chi connectivity index (χ4n) is 1.55. The quantitative estimate of drug-likeness (QED) is 0.260. The fourth-order valence-corrected chi connectivity index (χ4v) is 21.1. The van der Waals surface area contributed by atoms with Crippen LogP contribution in [0, 0.1) is 0 Å². The summed E-state index contributed by atoms with van der Waals surface area (Å²) in [6, 6.07) is 0. The van der Waals surface area contributed by atoms with Crippen LogP contribution >= 0.6 is 55.0 Å². The van der Waals surface area contributed by atoms with Crippen LogP contribution in [0.15, 0.2) is 0 Å². The van der Waals surface area contributed by atoms with Gasteiger partial charge in [0, 0.05) is 0 Å². The molecule has 18 heteroatoms. The monoisotopic (exact) mass is 478 g/mol. The zero-order chi connectivity index (χ0) is 18.9. The molecule has 22 heavy (non-hydrogen) atoms. The van der Waals surface area contributed by atoms with Gasteiger partial charge in [-0.1, -0.05) is 0 Å². The molecule has 0 aromatic carbocycles. The average molecular weight is 480 g/mol. The average Bonchev–Trinajstić information content (AvgIpc) is 1.83. The molecule has 0 saturated carbocycles. The zero-order valence-corrected chi connectivity index (χ0v) is 13.8. The minimum absolute atomic E-state index is 4.21. The van der Waals surface area contributed by atoms with E-state index in [9.17, 15) is 52.7 Å². The molecule has 0 aliphatic heterocycles. The van der Waals surface area contributed by atoms with Crippen molar-refractivity contribution in [1.29, 1.82) is 0 Å². The van der Waals surface area contributed by atoms with E-state index in [1.165, 1.54) is 0 Å². The van der Waals surface area contributed by atoms with E-state index in [1.807, 2.05) is 0 Å². The third kappa shape index (κ3) is 2.03. The number of halogens is 16. The Bertz CT molecular complexity index is 384. The van der Waals surface area contributed by atoms with Crippen molar-refractivity contribution in [3.8, 4) is 0 Å². The molecular weight excluding hydrogens is 480 g/mol. The van der Waals surface area contributed by atoms with Crippen LogP contribution in [0.1, 0.15) is 0 Å². The van der Waals surface area contributed by atoms with Crippen LogP contribution in [0.25, 0.3) is 0 Å². The Labute approximate surface area is 131 Å². The van der Waals surface area contributed by atoms with Gasteiger partial charge in [0.15, 0.2) is 0 Å². The standard InChI is InChI=1S/C4Cl4F12P2/c5-22(6,7,8)21(1(9,10)11,2(12,13)14,3(15,16)17)4(18,19)20. The molecule has 0 unspecified atom stereocenters. The van der Waals surface area contributed by atoms with Gasteiger partial charge >= 0.3 is 131 Å². The second kappa shape index (κ2) is 4.87. The number of hydrogen-bond acceptors (Lipinski definition) is 0. The second-order valence-electron chi connectivity index (χ2n) is 3.63. The van der Waals surface area contributed by atoms with Crippen molar-refractivity contribution in [2.45, 2.75) is 23.7 Å². The van der Waals surface area contributed by atoms with Crippen molar-refractivity contribution in [3.63, 3.8) is 0 Å². The van der Waals surface area contributed by atoms with E-state index >= 15 is 0 Å². The predicted molar refractivity (Wildman–Crippen MR) is 61.5 cm³/mol. The number of rotatable bonds is 1. The topological polar surface area (TPSA) is 0 Å². The molecule has 0 atom stereocenters. The van der Waals surface area contributed by atoms with Crippen molar-refractivity contribution in [1.82, 2.24) is 0 Å². The normalized spacial score (nSPS) is 20.0. The molecule has 0 N–H and O–H groups in total. The molecule has 0 aromatic heterocycles. The van der Waals surface area contributed by atoms with E-state index in [1.54, 1.807) is 0 Å². The van der Waals surface area contributed by atoms with Crippen LogP contribution in [0.3, 0.4) is 0 Å². The van der Waals surface area contributed by atoms with Gasteiger partial charge in [0.2, 0.25) is 0 Å². The SMILES string of the molecule is FC(F)(F)P(C(F)(F)F)(C(F)(F)F)(C(F)(F)F)P(Cl)(Cl)(Cl)Cl. The molecule has 0 aromatic rings. The van der Waals surface area contributed by atoms with Crippen LogP contribution in [0.4, 0.5) is 52.7 Å². The molecule has 138 valence electrons. The van der Waals surface area contributed by atoms with Crippen molar-refractivity contribution in [2.75, 3.05) is 0 Å². The Morgan fingerprint density at radius 3 is 0.545 bits per heavy atom. The summed E-state index contributed by atoms with van der Waals surface area (Å²) in [5, 5.41) is 0. The van der Waals surface area contributed by atoms with Crippen LogP contribution in [-0.2, 0) is 0 Å². The van der Waals surface area contributed by atoms with Crippen molar-refractivity contribution < 1.29 is 52.7 Å². The molecule has 0 nitrogen and oxygen atoms in total. The van der Waals surface area contributed by atoms with Gasteiger partial charge < -0.3 is 0 Å². The molecule has 0 spiro atoms. The first-order valence-electron chi connectivity index (χ1n) is 4.04. The summed E-state index contributed by atoms with van der Waals surface area (Å²) in [6.07, 6.45) is -11.3. The number of hydrogen-bond donors (Lipinski definition) is 0. The summed E-state index contributed by atoms with van der Waals surface area (Å²) in [5.41, 5.74) is 0. The van der Waals surface area contributed by atoms with Gasteiger partial charge in [-0.3, -0.25) is 0 Å². The molecular formula is C4Cl4F12P2. The third-order valence-electron chi connectivity index (χ3n) is 2.58. The molecule has 0 saturated heterocycles. The molecule has 0 amide bonds. The molecule has 0 radical (unpaired) electrons.